The predicted octanol–water partition coefficient (Wildman–Crippen LogP) is 4.67. The van der Waals surface area contributed by atoms with Gasteiger partial charge in [-0.15, -0.1) is 11.3 Å². The van der Waals surface area contributed by atoms with Crippen LogP contribution in [0.25, 0.3) is 11.1 Å². The second kappa shape index (κ2) is 5.48. The number of methoxy groups -OCH3 is 1. The largest absolute Gasteiger partial charge is 0.465 e. The highest BCUT2D eigenvalue weighted by Crippen LogP contribution is 2.37. The minimum atomic E-state index is -4.75. The van der Waals surface area contributed by atoms with Gasteiger partial charge >= 0.3 is 12.1 Å². The molecule has 0 spiro atoms. The lowest BCUT2D eigenvalue weighted by Crippen LogP contribution is -2.08. The molecule has 0 radical (unpaired) electrons. The number of rotatable bonds is 2. The van der Waals surface area contributed by atoms with E-state index < -0.39 is 23.5 Å². The van der Waals surface area contributed by atoms with Crippen molar-refractivity contribution in [3.05, 3.63) is 45.4 Å². The average molecular weight is 318 g/mol. The van der Waals surface area contributed by atoms with Gasteiger partial charge in [-0.1, -0.05) is 6.07 Å². The summed E-state index contributed by atoms with van der Waals surface area (Å²) >= 11 is 1.10. The van der Waals surface area contributed by atoms with Gasteiger partial charge in [0, 0.05) is 5.56 Å². The van der Waals surface area contributed by atoms with Crippen molar-refractivity contribution >= 4 is 17.3 Å². The van der Waals surface area contributed by atoms with Crippen LogP contribution in [0.1, 0.15) is 20.8 Å². The van der Waals surface area contributed by atoms with Crippen LogP contribution >= 0.6 is 11.3 Å². The number of ether oxygens (including phenoxy) is 1. The molecule has 0 fully saturated rings. The first-order valence-electron chi connectivity index (χ1n) is 5.79. The Hall–Kier alpha value is -1.89. The summed E-state index contributed by atoms with van der Waals surface area (Å²) in [6, 6.07) is 2.60. The number of alkyl halides is 3. The molecule has 0 aliphatic rings. The first kappa shape index (κ1) is 15.5. The molecule has 21 heavy (non-hydrogen) atoms. The highest BCUT2D eigenvalue weighted by Gasteiger charge is 2.34. The summed E-state index contributed by atoms with van der Waals surface area (Å²) in [5, 5.41) is 1.66. The lowest BCUT2D eigenvalue weighted by molar-refractivity contribution is -0.139. The highest BCUT2D eigenvalue weighted by molar-refractivity contribution is 7.12. The Bertz CT molecular complexity index is 689. The van der Waals surface area contributed by atoms with Crippen molar-refractivity contribution < 1.29 is 27.1 Å². The summed E-state index contributed by atoms with van der Waals surface area (Å²) < 4.78 is 55.9. The standard InChI is InChI=1S/C14H10F4O2S/c1-7-6-21-12(13(19)20-2)11(7)8-3-4-9(10(15)5-8)14(16,17)18/h3-6H,1-2H3. The number of halogens is 4. The summed E-state index contributed by atoms with van der Waals surface area (Å²) in [7, 11) is 1.20. The van der Waals surface area contributed by atoms with Crippen LogP contribution in [0.15, 0.2) is 23.6 Å². The number of benzene rings is 1. The van der Waals surface area contributed by atoms with Crippen LogP contribution < -0.4 is 0 Å². The van der Waals surface area contributed by atoms with E-state index in [2.05, 4.69) is 4.74 Å². The maximum atomic E-state index is 13.7. The minimum Gasteiger partial charge on any atom is -0.465 e. The Balaban J connectivity index is 2.56. The quantitative estimate of drug-likeness (QED) is 0.594. The smallest absolute Gasteiger partial charge is 0.419 e. The predicted molar refractivity (Wildman–Crippen MR) is 70.8 cm³/mol. The van der Waals surface area contributed by atoms with Crippen LogP contribution in [0, 0.1) is 12.7 Å². The molecular formula is C14H10F4O2S. The molecule has 112 valence electrons. The van der Waals surface area contributed by atoms with Crippen molar-refractivity contribution in [2.45, 2.75) is 13.1 Å². The van der Waals surface area contributed by atoms with Crippen LogP contribution in [-0.4, -0.2) is 13.1 Å². The van der Waals surface area contributed by atoms with Crippen molar-refractivity contribution in [3.63, 3.8) is 0 Å². The zero-order chi connectivity index (χ0) is 15.8. The third-order valence-electron chi connectivity index (χ3n) is 2.91. The molecule has 7 heteroatoms. The average Bonchev–Trinajstić information content (AvgIpc) is 2.78. The van der Waals surface area contributed by atoms with Crippen LogP contribution in [0.3, 0.4) is 0 Å². The molecule has 2 rings (SSSR count). The topological polar surface area (TPSA) is 26.3 Å². The van der Waals surface area contributed by atoms with E-state index >= 15 is 0 Å². The third-order valence-corrected chi connectivity index (χ3v) is 3.99. The van der Waals surface area contributed by atoms with Crippen LogP contribution in [0.2, 0.25) is 0 Å². The number of carbonyl (C=O) groups is 1. The molecule has 0 N–H and O–H groups in total. The van der Waals surface area contributed by atoms with E-state index in [1.807, 2.05) is 0 Å². The molecule has 0 saturated heterocycles. The van der Waals surface area contributed by atoms with Gasteiger partial charge in [-0.2, -0.15) is 13.2 Å². The molecule has 1 aromatic carbocycles. The molecule has 0 bridgehead atoms. The molecule has 2 nitrogen and oxygen atoms in total. The Kier molecular flexibility index (Phi) is 4.04. The maximum Gasteiger partial charge on any atom is 0.419 e. The van der Waals surface area contributed by atoms with E-state index in [0.29, 0.717) is 17.2 Å². The number of thiophene rings is 1. The van der Waals surface area contributed by atoms with Crippen LogP contribution in [0.4, 0.5) is 17.6 Å². The first-order valence-corrected chi connectivity index (χ1v) is 6.67. The van der Waals surface area contributed by atoms with Gasteiger partial charge in [0.2, 0.25) is 0 Å². The number of aryl methyl sites for hydroxylation is 1. The zero-order valence-electron chi connectivity index (χ0n) is 11.0. The summed E-state index contributed by atoms with van der Waals surface area (Å²) in [4.78, 5) is 11.9. The Morgan fingerprint density at radius 2 is 1.95 bits per heavy atom. The Labute approximate surface area is 122 Å². The Morgan fingerprint density at radius 1 is 1.29 bits per heavy atom. The molecule has 0 aliphatic carbocycles. The van der Waals surface area contributed by atoms with Gasteiger partial charge in [0.1, 0.15) is 10.7 Å². The van der Waals surface area contributed by atoms with Gasteiger partial charge in [-0.3, -0.25) is 0 Å². The van der Waals surface area contributed by atoms with Crippen LogP contribution in [-0.2, 0) is 10.9 Å². The molecule has 1 heterocycles. The second-order valence-corrected chi connectivity index (χ2v) is 5.19. The van der Waals surface area contributed by atoms with Crippen molar-refractivity contribution in [1.29, 1.82) is 0 Å². The first-order chi connectivity index (χ1) is 9.75. The fourth-order valence-electron chi connectivity index (χ4n) is 1.95. The maximum absolute atomic E-state index is 13.7. The zero-order valence-corrected chi connectivity index (χ0v) is 11.9. The van der Waals surface area contributed by atoms with Gasteiger partial charge in [-0.25, -0.2) is 9.18 Å². The van der Waals surface area contributed by atoms with E-state index in [1.165, 1.54) is 7.11 Å². The molecule has 0 atom stereocenters. The fourth-order valence-corrected chi connectivity index (χ4v) is 2.94. The number of hydrogen-bond donors (Lipinski definition) is 0. The monoisotopic (exact) mass is 318 g/mol. The summed E-state index contributed by atoms with van der Waals surface area (Å²) in [5.41, 5.74) is -0.0718. The minimum absolute atomic E-state index is 0.208. The molecular weight excluding hydrogens is 308 g/mol. The number of hydrogen-bond acceptors (Lipinski definition) is 3. The molecule has 1 aromatic heterocycles. The summed E-state index contributed by atoms with van der Waals surface area (Å²) in [6.07, 6.45) is -4.75. The molecule has 0 aliphatic heterocycles. The van der Waals surface area contributed by atoms with E-state index in [-0.39, 0.29) is 10.4 Å². The van der Waals surface area contributed by atoms with Crippen LogP contribution in [0.5, 0.6) is 0 Å². The highest BCUT2D eigenvalue weighted by atomic mass is 32.1. The summed E-state index contributed by atoms with van der Waals surface area (Å²) in [6.45, 7) is 1.69. The second-order valence-electron chi connectivity index (χ2n) is 4.31. The molecule has 2 aromatic rings. The molecule has 0 amide bonds. The van der Waals surface area contributed by atoms with E-state index in [1.54, 1.807) is 12.3 Å². The summed E-state index contributed by atoms with van der Waals surface area (Å²) in [5.74, 6) is -1.98. The van der Waals surface area contributed by atoms with Crippen molar-refractivity contribution in [2.24, 2.45) is 0 Å². The van der Waals surface area contributed by atoms with Gasteiger partial charge in [0.05, 0.1) is 12.7 Å². The number of carbonyl (C=O) groups excluding carboxylic acids is 1. The lowest BCUT2D eigenvalue weighted by atomic mass is 10.0. The number of esters is 1. The SMILES string of the molecule is COC(=O)c1scc(C)c1-c1ccc(C(F)(F)F)c(F)c1. The normalized spacial score (nSPS) is 11.5. The Morgan fingerprint density at radius 3 is 2.48 bits per heavy atom. The van der Waals surface area contributed by atoms with E-state index in [9.17, 15) is 22.4 Å². The van der Waals surface area contributed by atoms with Gasteiger partial charge in [0.15, 0.2) is 0 Å². The van der Waals surface area contributed by atoms with Gasteiger partial charge in [0.25, 0.3) is 0 Å². The third kappa shape index (κ3) is 2.92. The molecule has 0 unspecified atom stereocenters. The van der Waals surface area contributed by atoms with E-state index in [0.717, 1.165) is 23.5 Å². The fraction of sp³-hybridized carbons (Fsp3) is 0.214. The van der Waals surface area contributed by atoms with Crippen molar-refractivity contribution in [2.75, 3.05) is 7.11 Å². The lowest BCUT2D eigenvalue weighted by Gasteiger charge is -2.10. The van der Waals surface area contributed by atoms with Crippen molar-refractivity contribution in [3.8, 4) is 11.1 Å². The van der Waals surface area contributed by atoms with E-state index in [4.69, 9.17) is 0 Å². The van der Waals surface area contributed by atoms with Gasteiger partial charge in [-0.05, 0) is 35.6 Å². The van der Waals surface area contributed by atoms with Gasteiger partial charge < -0.3 is 4.74 Å². The molecule has 0 saturated carbocycles. The van der Waals surface area contributed by atoms with Crippen molar-refractivity contribution in [1.82, 2.24) is 0 Å².